The molecule has 7 nitrogen and oxygen atoms in total. The molecule has 2 aliphatic rings. The van der Waals surface area contributed by atoms with E-state index in [-0.39, 0.29) is 17.8 Å². The molecule has 0 saturated carbocycles. The molecule has 9 heteroatoms. The first kappa shape index (κ1) is 22.9. The number of rotatable bonds is 8. The van der Waals surface area contributed by atoms with Crippen molar-refractivity contribution in [1.82, 2.24) is 14.8 Å². The number of hydrogen-bond donors (Lipinski definition) is 1. The van der Waals surface area contributed by atoms with Gasteiger partial charge in [-0.15, -0.1) is 10.2 Å². The van der Waals surface area contributed by atoms with Gasteiger partial charge in [-0.05, 0) is 61.6 Å². The summed E-state index contributed by atoms with van der Waals surface area (Å²) in [5.41, 5.74) is 3.05. The van der Waals surface area contributed by atoms with Crippen LogP contribution in [0.2, 0.25) is 0 Å². The topological polar surface area (TPSA) is 72.3 Å². The molecule has 0 radical (unpaired) electrons. The maximum Gasteiger partial charge on any atom is 0.237 e. The number of halogens is 1. The van der Waals surface area contributed by atoms with Crippen molar-refractivity contribution in [2.45, 2.75) is 50.0 Å². The highest BCUT2D eigenvalue weighted by atomic mass is 32.2. The molecule has 1 aromatic heterocycles. The summed E-state index contributed by atoms with van der Waals surface area (Å²) in [6.07, 6.45) is 4.14. The van der Waals surface area contributed by atoms with Gasteiger partial charge >= 0.3 is 0 Å². The Morgan fingerprint density at radius 2 is 2.00 bits per heavy atom. The first-order valence-electron chi connectivity index (χ1n) is 11.7. The summed E-state index contributed by atoms with van der Waals surface area (Å²) in [4.78, 5) is 15.0. The van der Waals surface area contributed by atoms with Crippen LogP contribution in [0.3, 0.4) is 0 Å². The molecular weight excluding hydrogens is 453 g/mol. The standard InChI is InChI=1S/C25H28FN5O2S/c26-19-9-11-20(12-10-19)27-15-23-28-29-25(31(23)16-21-7-4-14-33-21)34-17-24(32)30-13-3-6-18-5-1-2-8-22(18)30/h1-2,5,8-12,21,27H,3-4,6-7,13-17H2/t21-/m1/s1. The fraction of sp³-hybridized carbons (Fsp3) is 0.400. The van der Waals surface area contributed by atoms with Crippen LogP contribution in [-0.2, 0) is 29.0 Å². The molecular formula is C25H28FN5O2S. The second-order valence-electron chi connectivity index (χ2n) is 8.57. The number of aryl methyl sites for hydroxylation is 1. The van der Waals surface area contributed by atoms with E-state index in [2.05, 4.69) is 26.1 Å². The molecule has 2 aliphatic heterocycles. The lowest BCUT2D eigenvalue weighted by Gasteiger charge is -2.29. The number of aromatic nitrogens is 3. The minimum absolute atomic E-state index is 0.0785. The fourth-order valence-electron chi connectivity index (χ4n) is 4.48. The molecule has 0 unspecified atom stereocenters. The number of carbonyl (C=O) groups excluding carboxylic acids is 1. The van der Waals surface area contributed by atoms with E-state index in [1.54, 1.807) is 12.1 Å². The molecule has 5 rings (SSSR count). The number of fused-ring (bicyclic) bond motifs is 1. The zero-order valence-corrected chi connectivity index (χ0v) is 19.8. The number of para-hydroxylation sites is 1. The van der Waals surface area contributed by atoms with E-state index < -0.39 is 0 Å². The number of thioether (sulfide) groups is 1. The minimum Gasteiger partial charge on any atom is -0.378 e. The van der Waals surface area contributed by atoms with Gasteiger partial charge in [-0.3, -0.25) is 4.79 Å². The largest absolute Gasteiger partial charge is 0.378 e. The fourth-order valence-corrected chi connectivity index (χ4v) is 5.32. The predicted octanol–water partition coefficient (Wildman–Crippen LogP) is 4.28. The van der Waals surface area contributed by atoms with Crippen molar-refractivity contribution >= 4 is 29.0 Å². The van der Waals surface area contributed by atoms with Gasteiger partial charge in [0, 0.05) is 24.5 Å². The Bertz CT molecular complexity index is 1130. The van der Waals surface area contributed by atoms with E-state index >= 15 is 0 Å². The van der Waals surface area contributed by atoms with Crippen molar-refractivity contribution in [3.05, 3.63) is 65.7 Å². The number of nitrogens with one attached hydrogen (secondary N) is 1. The van der Waals surface area contributed by atoms with Crippen LogP contribution in [-0.4, -0.2) is 45.7 Å². The van der Waals surface area contributed by atoms with Crippen molar-refractivity contribution in [2.75, 3.05) is 29.1 Å². The van der Waals surface area contributed by atoms with Crippen LogP contribution in [0.1, 0.15) is 30.7 Å². The summed E-state index contributed by atoms with van der Waals surface area (Å²) in [7, 11) is 0. The Kier molecular flexibility index (Phi) is 7.10. The maximum absolute atomic E-state index is 13.2. The zero-order valence-electron chi connectivity index (χ0n) is 19.0. The number of hydrogen-bond acceptors (Lipinski definition) is 6. The van der Waals surface area contributed by atoms with Crippen molar-refractivity contribution in [3.63, 3.8) is 0 Å². The first-order chi connectivity index (χ1) is 16.7. The van der Waals surface area contributed by atoms with E-state index in [9.17, 15) is 9.18 Å². The van der Waals surface area contributed by atoms with Crippen LogP contribution in [0.25, 0.3) is 0 Å². The normalized spacial score (nSPS) is 17.6. The van der Waals surface area contributed by atoms with E-state index in [1.807, 2.05) is 23.1 Å². The SMILES string of the molecule is O=C(CSc1nnc(CNc2ccc(F)cc2)n1C[C@H]1CCCO1)N1CCCc2ccccc21. The average molecular weight is 482 g/mol. The quantitative estimate of drug-likeness (QED) is 0.484. The summed E-state index contributed by atoms with van der Waals surface area (Å²) < 4.78 is 21.1. The van der Waals surface area contributed by atoms with Crippen LogP contribution >= 0.6 is 11.8 Å². The number of benzene rings is 2. The van der Waals surface area contributed by atoms with Gasteiger partial charge in [0.2, 0.25) is 5.91 Å². The molecule has 3 heterocycles. The first-order valence-corrected chi connectivity index (χ1v) is 12.7. The number of anilines is 2. The number of ether oxygens (including phenoxy) is 1. The third kappa shape index (κ3) is 5.26. The summed E-state index contributed by atoms with van der Waals surface area (Å²) in [5.74, 6) is 0.864. The second-order valence-corrected chi connectivity index (χ2v) is 9.51. The summed E-state index contributed by atoms with van der Waals surface area (Å²) in [6, 6.07) is 14.4. The zero-order chi connectivity index (χ0) is 23.3. The lowest BCUT2D eigenvalue weighted by molar-refractivity contribution is -0.116. The summed E-state index contributed by atoms with van der Waals surface area (Å²) >= 11 is 1.42. The van der Waals surface area contributed by atoms with Crippen molar-refractivity contribution in [2.24, 2.45) is 0 Å². The minimum atomic E-state index is -0.271. The van der Waals surface area contributed by atoms with E-state index in [4.69, 9.17) is 4.74 Å². The highest BCUT2D eigenvalue weighted by Gasteiger charge is 2.25. The van der Waals surface area contributed by atoms with Crippen molar-refractivity contribution in [1.29, 1.82) is 0 Å². The van der Waals surface area contributed by atoms with Gasteiger partial charge in [-0.25, -0.2) is 4.39 Å². The van der Waals surface area contributed by atoms with Crippen LogP contribution in [0.15, 0.2) is 53.7 Å². The molecule has 34 heavy (non-hydrogen) atoms. The Morgan fingerprint density at radius 1 is 1.15 bits per heavy atom. The lowest BCUT2D eigenvalue weighted by atomic mass is 10.0. The van der Waals surface area contributed by atoms with Crippen LogP contribution < -0.4 is 10.2 Å². The van der Waals surface area contributed by atoms with Gasteiger partial charge in [0.25, 0.3) is 0 Å². The Hall–Kier alpha value is -2.91. The second kappa shape index (κ2) is 10.6. The van der Waals surface area contributed by atoms with E-state index in [0.717, 1.165) is 56.0 Å². The van der Waals surface area contributed by atoms with Crippen LogP contribution in [0, 0.1) is 5.82 Å². The molecule has 1 atom stereocenters. The van der Waals surface area contributed by atoms with Gasteiger partial charge in [0.15, 0.2) is 11.0 Å². The number of carbonyl (C=O) groups is 1. The van der Waals surface area contributed by atoms with E-state index in [1.165, 1.54) is 29.5 Å². The third-order valence-electron chi connectivity index (χ3n) is 6.23. The van der Waals surface area contributed by atoms with Gasteiger partial charge < -0.3 is 19.5 Å². The summed E-state index contributed by atoms with van der Waals surface area (Å²) in [6.45, 7) is 2.60. The highest BCUT2D eigenvalue weighted by Crippen LogP contribution is 2.28. The molecule has 178 valence electrons. The van der Waals surface area contributed by atoms with Crippen molar-refractivity contribution in [3.8, 4) is 0 Å². The highest BCUT2D eigenvalue weighted by molar-refractivity contribution is 7.99. The number of amides is 1. The monoisotopic (exact) mass is 481 g/mol. The lowest BCUT2D eigenvalue weighted by Crippen LogP contribution is -2.36. The third-order valence-corrected chi connectivity index (χ3v) is 7.19. The van der Waals surface area contributed by atoms with Crippen LogP contribution in [0.4, 0.5) is 15.8 Å². The number of nitrogens with zero attached hydrogens (tertiary/aromatic N) is 4. The molecule has 1 N–H and O–H groups in total. The van der Waals surface area contributed by atoms with Gasteiger partial charge in [0.1, 0.15) is 5.82 Å². The molecule has 1 fully saturated rings. The molecule has 0 aliphatic carbocycles. The smallest absolute Gasteiger partial charge is 0.237 e. The van der Waals surface area contributed by atoms with Gasteiger partial charge in [0.05, 0.1) is 24.9 Å². The molecule has 3 aromatic rings. The van der Waals surface area contributed by atoms with Gasteiger partial charge in [-0.2, -0.15) is 0 Å². The Labute approximate surface area is 202 Å². The molecule has 2 aromatic carbocycles. The summed E-state index contributed by atoms with van der Waals surface area (Å²) in [5, 5.41) is 12.8. The predicted molar refractivity (Wildman–Crippen MR) is 131 cm³/mol. The Balaban J connectivity index is 1.28. The van der Waals surface area contributed by atoms with Crippen LogP contribution in [0.5, 0.6) is 0 Å². The van der Waals surface area contributed by atoms with Crippen molar-refractivity contribution < 1.29 is 13.9 Å². The maximum atomic E-state index is 13.2. The molecule has 1 amide bonds. The Morgan fingerprint density at radius 3 is 2.82 bits per heavy atom. The molecule has 0 spiro atoms. The average Bonchev–Trinajstić information content (AvgIpc) is 3.52. The molecule has 0 bridgehead atoms. The van der Waals surface area contributed by atoms with E-state index in [0.29, 0.717) is 24.0 Å². The van der Waals surface area contributed by atoms with Gasteiger partial charge in [-0.1, -0.05) is 30.0 Å². The molecule has 1 saturated heterocycles.